The minimum absolute atomic E-state index is 0.199. The fourth-order valence-corrected chi connectivity index (χ4v) is 2.91. The maximum atomic E-state index is 10.3. The number of hydrogen-bond donors (Lipinski definition) is 1. The molecule has 1 heterocycles. The molecule has 1 N–H and O–H groups in total. The largest absolute Gasteiger partial charge is 0.480 e. The first kappa shape index (κ1) is 7.28. The molecule has 51 valence electrons. The molecule has 0 aliphatic carbocycles. The van der Waals surface area contributed by atoms with Gasteiger partial charge in [-0.15, -0.1) is 23.5 Å². The SMILES string of the molecule is C[C]1SCC(C(=O)O)S1. The summed E-state index contributed by atoms with van der Waals surface area (Å²) in [5.74, 6) is 0.0376. The van der Waals surface area contributed by atoms with Gasteiger partial charge in [0.15, 0.2) is 0 Å². The standard InChI is InChI=1S/C5H7O2S2/c1-3-8-2-4(9-3)5(6)7/h4H,2H2,1H3,(H,6,7). The topological polar surface area (TPSA) is 37.3 Å². The van der Waals surface area contributed by atoms with Crippen LogP contribution < -0.4 is 0 Å². The van der Waals surface area contributed by atoms with Crippen molar-refractivity contribution in [3.8, 4) is 0 Å². The molecule has 1 fully saturated rings. The summed E-state index contributed by atoms with van der Waals surface area (Å²) >= 11 is 3.09. The molecule has 2 nitrogen and oxygen atoms in total. The fraction of sp³-hybridized carbons (Fsp3) is 0.600. The summed E-state index contributed by atoms with van der Waals surface area (Å²) in [6.45, 7) is 1.96. The van der Waals surface area contributed by atoms with Gasteiger partial charge in [0, 0.05) is 5.75 Å². The normalized spacial score (nSPS) is 28.8. The van der Waals surface area contributed by atoms with Crippen molar-refractivity contribution in [3.05, 3.63) is 4.58 Å². The molecule has 1 rings (SSSR count). The maximum absolute atomic E-state index is 10.3. The van der Waals surface area contributed by atoms with Gasteiger partial charge in [-0.25, -0.2) is 0 Å². The van der Waals surface area contributed by atoms with Gasteiger partial charge in [-0.3, -0.25) is 4.79 Å². The second kappa shape index (κ2) is 2.84. The molecular formula is C5H7O2S2. The minimum atomic E-state index is -0.690. The van der Waals surface area contributed by atoms with Crippen LogP contribution in [0.4, 0.5) is 0 Å². The van der Waals surface area contributed by atoms with Gasteiger partial charge < -0.3 is 5.11 Å². The average molecular weight is 163 g/mol. The van der Waals surface area contributed by atoms with Crippen molar-refractivity contribution >= 4 is 29.5 Å². The van der Waals surface area contributed by atoms with Gasteiger partial charge in [0.05, 0.1) is 4.58 Å². The lowest BCUT2D eigenvalue weighted by molar-refractivity contribution is -0.135. The molecule has 0 amide bonds. The van der Waals surface area contributed by atoms with E-state index in [4.69, 9.17) is 5.11 Å². The molecule has 1 aliphatic rings. The highest BCUT2D eigenvalue weighted by atomic mass is 32.2. The van der Waals surface area contributed by atoms with Crippen LogP contribution >= 0.6 is 23.5 Å². The van der Waals surface area contributed by atoms with E-state index in [1.54, 1.807) is 11.8 Å². The van der Waals surface area contributed by atoms with Crippen LogP contribution in [0.5, 0.6) is 0 Å². The third-order valence-corrected chi connectivity index (χ3v) is 3.77. The maximum Gasteiger partial charge on any atom is 0.317 e. The predicted octanol–water partition coefficient (Wildman–Crippen LogP) is 1.43. The first-order chi connectivity index (χ1) is 4.20. The molecule has 1 atom stereocenters. The minimum Gasteiger partial charge on any atom is -0.480 e. The fourth-order valence-electron chi connectivity index (χ4n) is 0.583. The number of carboxylic acid groups (broad SMARTS) is 1. The van der Waals surface area contributed by atoms with E-state index in [0.29, 0.717) is 0 Å². The Labute approximate surface area is 62.4 Å². The monoisotopic (exact) mass is 163 g/mol. The predicted molar refractivity (Wildman–Crippen MR) is 40.4 cm³/mol. The highest BCUT2D eigenvalue weighted by Crippen LogP contribution is 2.43. The second-order valence-electron chi connectivity index (χ2n) is 1.75. The van der Waals surface area contributed by atoms with E-state index in [-0.39, 0.29) is 5.25 Å². The summed E-state index contributed by atoms with van der Waals surface area (Å²) in [6.07, 6.45) is 0. The van der Waals surface area contributed by atoms with E-state index in [9.17, 15) is 4.79 Å². The summed E-state index contributed by atoms with van der Waals surface area (Å²) in [5.41, 5.74) is 0. The molecule has 0 bridgehead atoms. The smallest absolute Gasteiger partial charge is 0.317 e. The zero-order chi connectivity index (χ0) is 6.85. The van der Waals surface area contributed by atoms with Gasteiger partial charge >= 0.3 is 5.97 Å². The molecule has 0 aromatic rings. The summed E-state index contributed by atoms with van der Waals surface area (Å²) < 4.78 is 1.17. The Balaban J connectivity index is 2.39. The Hall–Kier alpha value is 0.170. The van der Waals surface area contributed by atoms with Crippen molar-refractivity contribution < 1.29 is 9.90 Å². The van der Waals surface area contributed by atoms with Crippen LogP contribution in [0.25, 0.3) is 0 Å². The number of hydrogen-bond acceptors (Lipinski definition) is 3. The van der Waals surface area contributed by atoms with Crippen LogP contribution in [0.3, 0.4) is 0 Å². The van der Waals surface area contributed by atoms with Crippen LogP contribution in [-0.2, 0) is 4.79 Å². The molecular weight excluding hydrogens is 156 g/mol. The van der Waals surface area contributed by atoms with Gasteiger partial charge in [0.2, 0.25) is 0 Å². The van der Waals surface area contributed by atoms with Crippen molar-refractivity contribution in [1.82, 2.24) is 0 Å². The van der Waals surface area contributed by atoms with Gasteiger partial charge in [-0.05, 0) is 6.92 Å². The van der Waals surface area contributed by atoms with E-state index < -0.39 is 5.97 Å². The van der Waals surface area contributed by atoms with Crippen LogP contribution in [0.15, 0.2) is 0 Å². The Bertz CT molecular complexity index is 126. The van der Waals surface area contributed by atoms with Gasteiger partial charge in [-0.2, -0.15) is 0 Å². The molecule has 1 unspecified atom stereocenters. The molecule has 4 heteroatoms. The molecule has 9 heavy (non-hydrogen) atoms. The molecule has 1 aliphatic heterocycles. The summed E-state index contributed by atoms with van der Waals surface area (Å²) in [5, 5.41) is 8.28. The van der Waals surface area contributed by atoms with Gasteiger partial charge in [0.25, 0.3) is 0 Å². The Kier molecular flexibility index (Phi) is 2.29. The van der Waals surface area contributed by atoms with Crippen LogP contribution in [0.2, 0.25) is 0 Å². The first-order valence-electron chi connectivity index (χ1n) is 2.56. The highest BCUT2D eigenvalue weighted by molar-refractivity contribution is 8.24. The lowest BCUT2D eigenvalue weighted by Crippen LogP contribution is -2.14. The number of thioether (sulfide) groups is 2. The average Bonchev–Trinajstić information content (AvgIpc) is 2.14. The van der Waals surface area contributed by atoms with E-state index in [1.165, 1.54) is 16.3 Å². The van der Waals surface area contributed by atoms with Crippen molar-refractivity contribution in [2.24, 2.45) is 0 Å². The van der Waals surface area contributed by atoms with Crippen LogP contribution in [0.1, 0.15) is 6.92 Å². The van der Waals surface area contributed by atoms with E-state index >= 15 is 0 Å². The molecule has 0 saturated carbocycles. The summed E-state index contributed by atoms with van der Waals surface area (Å²) in [4.78, 5) is 10.3. The molecule has 1 saturated heterocycles. The zero-order valence-corrected chi connectivity index (χ0v) is 6.59. The molecule has 0 aromatic carbocycles. The Morgan fingerprint density at radius 1 is 1.89 bits per heavy atom. The van der Waals surface area contributed by atoms with Crippen molar-refractivity contribution in [2.75, 3.05) is 5.75 Å². The van der Waals surface area contributed by atoms with Crippen molar-refractivity contribution in [3.63, 3.8) is 0 Å². The third-order valence-electron chi connectivity index (χ3n) is 1.02. The number of rotatable bonds is 1. The van der Waals surface area contributed by atoms with Crippen LogP contribution in [-0.4, -0.2) is 22.1 Å². The molecule has 1 radical (unpaired) electrons. The van der Waals surface area contributed by atoms with Gasteiger partial charge in [-0.1, -0.05) is 0 Å². The number of aliphatic carboxylic acids is 1. The van der Waals surface area contributed by atoms with E-state index in [2.05, 4.69) is 0 Å². The Morgan fingerprint density at radius 3 is 2.78 bits per heavy atom. The second-order valence-corrected chi connectivity index (χ2v) is 4.66. The van der Waals surface area contributed by atoms with Gasteiger partial charge in [0.1, 0.15) is 5.25 Å². The van der Waals surface area contributed by atoms with Crippen molar-refractivity contribution in [2.45, 2.75) is 12.2 Å². The Morgan fingerprint density at radius 2 is 2.56 bits per heavy atom. The first-order valence-corrected chi connectivity index (χ1v) is 4.42. The highest BCUT2D eigenvalue weighted by Gasteiger charge is 2.28. The number of carbonyl (C=O) groups is 1. The van der Waals surface area contributed by atoms with Crippen molar-refractivity contribution in [1.29, 1.82) is 0 Å². The molecule has 0 aromatic heterocycles. The summed E-state index contributed by atoms with van der Waals surface area (Å²) in [6, 6.07) is 0. The van der Waals surface area contributed by atoms with E-state index in [0.717, 1.165) is 5.75 Å². The lowest BCUT2D eigenvalue weighted by atomic mass is 10.5. The third kappa shape index (κ3) is 1.79. The zero-order valence-electron chi connectivity index (χ0n) is 4.96. The number of carboxylic acids is 1. The molecule has 0 spiro atoms. The summed E-state index contributed by atoms with van der Waals surface area (Å²) in [7, 11) is 0. The van der Waals surface area contributed by atoms with Crippen LogP contribution in [0, 0.1) is 4.58 Å². The lowest BCUT2D eigenvalue weighted by Gasteiger charge is -1.97. The van der Waals surface area contributed by atoms with E-state index in [1.807, 2.05) is 6.92 Å². The quantitative estimate of drug-likeness (QED) is 0.634.